The Labute approximate surface area is 102 Å². The highest BCUT2D eigenvalue weighted by Crippen LogP contribution is 2.25. The molecule has 2 rings (SSSR count). The summed E-state index contributed by atoms with van der Waals surface area (Å²) in [4.78, 5) is 2.40. The van der Waals surface area contributed by atoms with Crippen LogP contribution in [-0.4, -0.2) is 31.1 Å². The number of halogens is 1. The number of rotatable bonds is 4. The molecule has 0 aliphatic carbocycles. The predicted octanol–water partition coefficient (Wildman–Crippen LogP) is 2.35. The highest BCUT2D eigenvalue weighted by Gasteiger charge is 2.21. The van der Waals surface area contributed by atoms with E-state index < -0.39 is 0 Å². The molecule has 1 N–H and O–H groups in total. The third kappa shape index (κ3) is 3.14. The van der Waals surface area contributed by atoms with E-state index in [1.54, 1.807) is 12.1 Å². The van der Waals surface area contributed by atoms with Crippen LogP contribution in [0.25, 0.3) is 0 Å². The van der Waals surface area contributed by atoms with Crippen LogP contribution < -0.4 is 5.32 Å². The summed E-state index contributed by atoms with van der Waals surface area (Å²) < 4.78 is 13.3. The highest BCUT2D eigenvalue weighted by molar-refractivity contribution is 5.21. The fraction of sp³-hybridized carbons (Fsp3) is 0.429. The number of nitrogens with one attached hydrogen (secondary N) is 1. The van der Waals surface area contributed by atoms with Crippen molar-refractivity contribution in [3.8, 4) is 0 Å². The normalized spacial score (nSPS) is 18.9. The number of nitrogens with zero attached hydrogens (tertiary/aromatic N) is 1. The van der Waals surface area contributed by atoms with E-state index in [9.17, 15) is 4.39 Å². The monoisotopic (exact) mass is 234 g/mol. The van der Waals surface area contributed by atoms with Gasteiger partial charge in [0.1, 0.15) is 5.82 Å². The molecule has 1 aromatic rings. The van der Waals surface area contributed by atoms with Crippen LogP contribution in [0, 0.1) is 5.82 Å². The lowest BCUT2D eigenvalue weighted by atomic mass is 10.0. The second kappa shape index (κ2) is 5.94. The van der Waals surface area contributed by atoms with Crippen LogP contribution in [0.4, 0.5) is 4.39 Å². The van der Waals surface area contributed by atoms with Crippen LogP contribution in [0.5, 0.6) is 0 Å². The van der Waals surface area contributed by atoms with Crippen molar-refractivity contribution < 1.29 is 4.39 Å². The minimum absolute atomic E-state index is 0.160. The summed E-state index contributed by atoms with van der Waals surface area (Å²) in [5, 5.41) is 3.33. The first-order valence-corrected chi connectivity index (χ1v) is 6.12. The molecule has 3 heteroatoms. The van der Waals surface area contributed by atoms with Crippen LogP contribution in [0.3, 0.4) is 0 Å². The van der Waals surface area contributed by atoms with Crippen LogP contribution in [-0.2, 0) is 0 Å². The van der Waals surface area contributed by atoms with Crippen molar-refractivity contribution in [2.45, 2.75) is 12.5 Å². The quantitative estimate of drug-likeness (QED) is 0.804. The standard InChI is InChI=1S/C14H19FN2/c1-2-4-14(17-9-7-16-8-10-17)12-5-3-6-13(15)11-12/h2-3,5-6,11,14,16H,1,4,7-10H2/t14-/m1/s1. The maximum Gasteiger partial charge on any atom is 0.123 e. The molecule has 1 heterocycles. The van der Waals surface area contributed by atoms with Crippen LogP contribution in [0.2, 0.25) is 0 Å². The third-order valence-corrected chi connectivity index (χ3v) is 3.22. The fourth-order valence-corrected chi connectivity index (χ4v) is 2.36. The van der Waals surface area contributed by atoms with Crippen LogP contribution >= 0.6 is 0 Å². The zero-order valence-corrected chi connectivity index (χ0v) is 10.0. The van der Waals surface area contributed by atoms with Gasteiger partial charge in [0.05, 0.1) is 0 Å². The third-order valence-electron chi connectivity index (χ3n) is 3.22. The van der Waals surface area contributed by atoms with E-state index in [4.69, 9.17) is 0 Å². The zero-order valence-electron chi connectivity index (χ0n) is 10.0. The van der Waals surface area contributed by atoms with Crippen molar-refractivity contribution in [2.75, 3.05) is 26.2 Å². The van der Waals surface area contributed by atoms with Crippen molar-refractivity contribution in [1.82, 2.24) is 10.2 Å². The Morgan fingerprint density at radius 1 is 1.41 bits per heavy atom. The van der Waals surface area contributed by atoms with Gasteiger partial charge in [-0.3, -0.25) is 4.90 Å². The number of hydrogen-bond donors (Lipinski definition) is 1. The van der Waals surface area contributed by atoms with E-state index in [-0.39, 0.29) is 11.9 Å². The molecule has 1 aliphatic rings. The van der Waals surface area contributed by atoms with Gasteiger partial charge in [0, 0.05) is 32.2 Å². The number of hydrogen-bond acceptors (Lipinski definition) is 2. The molecular formula is C14H19FN2. The number of piperazine rings is 1. The molecule has 0 amide bonds. The van der Waals surface area contributed by atoms with Crippen molar-refractivity contribution in [2.24, 2.45) is 0 Å². The summed E-state index contributed by atoms with van der Waals surface area (Å²) in [5.41, 5.74) is 1.05. The molecule has 0 spiro atoms. The molecule has 17 heavy (non-hydrogen) atoms. The Bertz CT molecular complexity index is 372. The van der Waals surface area contributed by atoms with Gasteiger partial charge < -0.3 is 5.32 Å². The molecule has 1 aromatic carbocycles. The fourth-order valence-electron chi connectivity index (χ4n) is 2.36. The highest BCUT2D eigenvalue weighted by atomic mass is 19.1. The van der Waals surface area contributed by atoms with E-state index in [1.807, 2.05) is 12.1 Å². The first-order chi connectivity index (χ1) is 8.31. The van der Waals surface area contributed by atoms with E-state index >= 15 is 0 Å². The van der Waals surface area contributed by atoms with Gasteiger partial charge >= 0.3 is 0 Å². The number of benzene rings is 1. The maximum atomic E-state index is 13.3. The molecule has 1 saturated heterocycles. The molecule has 2 nitrogen and oxygen atoms in total. The summed E-state index contributed by atoms with van der Waals surface area (Å²) in [6.45, 7) is 7.83. The minimum atomic E-state index is -0.160. The van der Waals surface area contributed by atoms with Crippen molar-refractivity contribution in [3.63, 3.8) is 0 Å². The minimum Gasteiger partial charge on any atom is -0.314 e. The molecule has 1 aliphatic heterocycles. The van der Waals surface area contributed by atoms with Crippen LogP contribution in [0.1, 0.15) is 18.0 Å². The lowest BCUT2D eigenvalue weighted by Gasteiger charge is -2.34. The molecule has 92 valence electrons. The molecule has 1 fully saturated rings. The Morgan fingerprint density at radius 3 is 2.82 bits per heavy atom. The summed E-state index contributed by atoms with van der Waals surface area (Å²) >= 11 is 0. The van der Waals surface area contributed by atoms with Crippen molar-refractivity contribution in [3.05, 3.63) is 48.3 Å². The Kier molecular flexibility index (Phi) is 4.29. The molecule has 0 radical (unpaired) electrons. The summed E-state index contributed by atoms with van der Waals surface area (Å²) in [6, 6.07) is 7.16. The first kappa shape index (κ1) is 12.3. The van der Waals surface area contributed by atoms with Crippen molar-refractivity contribution in [1.29, 1.82) is 0 Å². The maximum absolute atomic E-state index is 13.3. The van der Waals surface area contributed by atoms with Gasteiger partial charge in [-0.25, -0.2) is 4.39 Å². The lowest BCUT2D eigenvalue weighted by Crippen LogP contribution is -2.45. The Morgan fingerprint density at radius 2 is 2.18 bits per heavy atom. The predicted molar refractivity (Wildman–Crippen MR) is 68.4 cm³/mol. The molecule has 0 aromatic heterocycles. The second-order valence-electron chi connectivity index (χ2n) is 4.38. The van der Waals surface area contributed by atoms with Gasteiger partial charge in [-0.1, -0.05) is 18.2 Å². The van der Waals surface area contributed by atoms with E-state index in [0.29, 0.717) is 0 Å². The molecule has 1 atom stereocenters. The summed E-state index contributed by atoms with van der Waals surface area (Å²) in [7, 11) is 0. The van der Waals surface area contributed by atoms with Gasteiger partial charge in [-0.15, -0.1) is 6.58 Å². The van der Waals surface area contributed by atoms with E-state index in [0.717, 1.165) is 38.2 Å². The van der Waals surface area contributed by atoms with Gasteiger partial charge in [-0.2, -0.15) is 0 Å². The summed E-state index contributed by atoms with van der Waals surface area (Å²) in [6.07, 6.45) is 2.78. The second-order valence-corrected chi connectivity index (χ2v) is 4.38. The first-order valence-electron chi connectivity index (χ1n) is 6.12. The largest absolute Gasteiger partial charge is 0.314 e. The van der Waals surface area contributed by atoms with Crippen LogP contribution in [0.15, 0.2) is 36.9 Å². The Balaban J connectivity index is 2.18. The lowest BCUT2D eigenvalue weighted by molar-refractivity contribution is 0.174. The van der Waals surface area contributed by atoms with Gasteiger partial charge in [0.15, 0.2) is 0 Å². The van der Waals surface area contributed by atoms with Gasteiger partial charge in [-0.05, 0) is 24.1 Å². The van der Waals surface area contributed by atoms with E-state index in [1.165, 1.54) is 6.07 Å². The zero-order chi connectivity index (χ0) is 12.1. The van der Waals surface area contributed by atoms with E-state index in [2.05, 4.69) is 16.8 Å². The summed E-state index contributed by atoms with van der Waals surface area (Å²) in [5.74, 6) is -0.160. The molecule has 0 bridgehead atoms. The SMILES string of the molecule is C=CC[C@H](c1cccc(F)c1)N1CCNCC1. The average Bonchev–Trinajstić information content (AvgIpc) is 2.37. The van der Waals surface area contributed by atoms with Gasteiger partial charge in [0.25, 0.3) is 0 Å². The average molecular weight is 234 g/mol. The molecule has 0 saturated carbocycles. The topological polar surface area (TPSA) is 15.3 Å². The Hall–Kier alpha value is -1.19. The smallest absolute Gasteiger partial charge is 0.123 e. The van der Waals surface area contributed by atoms with Gasteiger partial charge in [0.2, 0.25) is 0 Å². The molecule has 0 unspecified atom stereocenters. The van der Waals surface area contributed by atoms with Crippen molar-refractivity contribution >= 4 is 0 Å². The molecular weight excluding hydrogens is 215 g/mol.